The summed E-state index contributed by atoms with van der Waals surface area (Å²) in [4.78, 5) is 10.6. The van der Waals surface area contributed by atoms with Crippen LogP contribution < -0.4 is 20.5 Å². The molecule has 0 fully saturated rings. The Kier molecular flexibility index (Phi) is 4.63. The zero-order valence-corrected chi connectivity index (χ0v) is 10.3. The summed E-state index contributed by atoms with van der Waals surface area (Å²) in [6.07, 6.45) is 0. The predicted octanol–water partition coefficient (Wildman–Crippen LogP) is 1.48. The Balaban J connectivity index is 2.80. The molecule has 1 atom stereocenters. The van der Waals surface area contributed by atoms with E-state index in [-0.39, 0.29) is 5.92 Å². The van der Waals surface area contributed by atoms with Crippen molar-refractivity contribution in [2.45, 2.75) is 12.8 Å². The molecule has 0 aliphatic heterocycles. The Morgan fingerprint density at radius 2 is 2.00 bits per heavy atom. The minimum Gasteiger partial charge on any atom is -0.493 e. The quantitative estimate of drug-likeness (QED) is 0.816. The van der Waals surface area contributed by atoms with Crippen molar-refractivity contribution in [3.63, 3.8) is 0 Å². The molecule has 0 aliphatic carbocycles. The predicted molar refractivity (Wildman–Crippen MR) is 65.5 cm³/mol. The Hall–Kier alpha value is -1.91. The van der Waals surface area contributed by atoms with Gasteiger partial charge >= 0.3 is 6.03 Å². The fraction of sp³-hybridized carbons (Fsp3) is 0.417. The maximum Gasteiger partial charge on any atom is 0.312 e. The van der Waals surface area contributed by atoms with E-state index in [0.717, 1.165) is 5.56 Å². The summed E-state index contributed by atoms with van der Waals surface area (Å²) in [5.74, 6) is 1.52. The molecule has 0 heterocycles. The van der Waals surface area contributed by atoms with Crippen molar-refractivity contribution in [1.82, 2.24) is 5.32 Å². The van der Waals surface area contributed by atoms with Crippen molar-refractivity contribution in [3.8, 4) is 11.5 Å². The van der Waals surface area contributed by atoms with Crippen molar-refractivity contribution in [1.29, 1.82) is 0 Å². The van der Waals surface area contributed by atoms with Crippen LogP contribution in [0.3, 0.4) is 0 Å². The minimum absolute atomic E-state index is 0.155. The molecule has 0 saturated heterocycles. The van der Waals surface area contributed by atoms with Crippen LogP contribution in [0.2, 0.25) is 0 Å². The van der Waals surface area contributed by atoms with Crippen LogP contribution in [0, 0.1) is 0 Å². The molecule has 0 aliphatic rings. The zero-order chi connectivity index (χ0) is 12.8. The lowest BCUT2D eigenvalue weighted by molar-refractivity contribution is 0.248. The number of urea groups is 1. The molecule has 3 N–H and O–H groups in total. The number of nitrogens with two attached hydrogens (primary N) is 1. The lowest BCUT2D eigenvalue weighted by Crippen LogP contribution is -2.32. The third-order valence-electron chi connectivity index (χ3n) is 2.56. The maximum atomic E-state index is 10.6. The molecular weight excluding hydrogens is 220 g/mol. The summed E-state index contributed by atoms with van der Waals surface area (Å²) in [5.41, 5.74) is 6.08. The Bertz CT molecular complexity index is 393. The van der Waals surface area contributed by atoms with Crippen LogP contribution in [0.5, 0.6) is 11.5 Å². The first-order valence-corrected chi connectivity index (χ1v) is 5.33. The van der Waals surface area contributed by atoms with Crippen molar-refractivity contribution in [2.24, 2.45) is 5.73 Å². The highest BCUT2D eigenvalue weighted by Crippen LogP contribution is 2.30. The average Bonchev–Trinajstić information content (AvgIpc) is 2.34. The van der Waals surface area contributed by atoms with Crippen molar-refractivity contribution in [2.75, 3.05) is 20.8 Å². The van der Waals surface area contributed by atoms with Crippen molar-refractivity contribution in [3.05, 3.63) is 23.8 Å². The number of amides is 2. The standard InChI is InChI=1S/C12H18N2O3/c1-8(7-14-12(13)15)9-4-5-10(16-2)11(6-9)17-3/h4-6,8H,7H2,1-3H3,(H3,13,14,15)/t8-/m1/s1. The van der Waals surface area contributed by atoms with Gasteiger partial charge in [0, 0.05) is 6.54 Å². The number of carbonyl (C=O) groups excluding carboxylic acids is 1. The first-order chi connectivity index (χ1) is 8.08. The van der Waals surface area contributed by atoms with Gasteiger partial charge in [0.15, 0.2) is 11.5 Å². The minimum atomic E-state index is -0.516. The highest BCUT2D eigenvalue weighted by molar-refractivity contribution is 5.71. The summed E-state index contributed by atoms with van der Waals surface area (Å²) in [5, 5.41) is 2.58. The number of methoxy groups -OCH3 is 2. The van der Waals surface area contributed by atoms with Crippen LogP contribution in [0.4, 0.5) is 4.79 Å². The second-order valence-electron chi connectivity index (χ2n) is 3.76. The molecule has 0 aromatic heterocycles. The van der Waals surface area contributed by atoms with Gasteiger partial charge in [-0.15, -0.1) is 0 Å². The van der Waals surface area contributed by atoms with Crippen LogP contribution in [0.1, 0.15) is 18.4 Å². The van der Waals surface area contributed by atoms with Crippen LogP contribution >= 0.6 is 0 Å². The van der Waals surface area contributed by atoms with Gasteiger partial charge in [-0.05, 0) is 23.6 Å². The molecule has 0 bridgehead atoms. The molecule has 1 rings (SSSR count). The van der Waals surface area contributed by atoms with Gasteiger partial charge in [0.1, 0.15) is 0 Å². The van der Waals surface area contributed by atoms with Crippen molar-refractivity contribution >= 4 is 6.03 Å². The van der Waals surface area contributed by atoms with E-state index >= 15 is 0 Å². The Labute approximate surface area is 101 Å². The molecule has 94 valence electrons. The van der Waals surface area contributed by atoms with Gasteiger partial charge in [0.25, 0.3) is 0 Å². The summed E-state index contributed by atoms with van der Waals surface area (Å²) in [7, 11) is 3.18. The number of carbonyl (C=O) groups is 1. The summed E-state index contributed by atoms with van der Waals surface area (Å²) in [6, 6.07) is 5.16. The molecule has 5 nitrogen and oxygen atoms in total. The van der Waals surface area contributed by atoms with E-state index in [4.69, 9.17) is 15.2 Å². The largest absolute Gasteiger partial charge is 0.493 e. The SMILES string of the molecule is COc1ccc([C@H](C)CNC(N)=O)cc1OC. The number of ether oxygens (including phenoxy) is 2. The second-order valence-corrected chi connectivity index (χ2v) is 3.76. The van der Waals surface area contributed by atoms with E-state index in [1.807, 2.05) is 25.1 Å². The zero-order valence-electron chi connectivity index (χ0n) is 10.3. The van der Waals surface area contributed by atoms with E-state index < -0.39 is 6.03 Å². The molecule has 0 unspecified atom stereocenters. The Morgan fingerprint density at radius 1 is 1.35 bits per heavy atom. The van der Waals surface area contributed by atoms with Gasteiger partial charge in [-0.25, -0.2) is 4.79 Å². The number of hydrogen-bond donors (Lipinski definition) is 2. The highest BCUT2D eigenvalue weighted by Gasteiger charge is 2.10. The first kappa shape index (κ1) is 13.2. The van der Waals surface area contributed by atoms with Gasteiger partial charge in [-0.1, -0.05) is 13.0 Å². The molecule has 0 saturated carbocycles. The maximum absolute atomic E-state index is 10.6. The van der Waals surface area contributed by atoms with Gasteiger partial charge in [-0.2, -0.15) is 0 Å². The monoisotopic (exact) mass is 238 g/mol. The smallest absolute Gasteiger partial charge is 0.312 e. The third kappa shape index (κ3) is 3.55. The molecule has 5 heteroatoms. The molecule has 0 radical (unpaired) electrons. The lowest BCUT2D eigenvalue weighted by Gasteiger charge is -2.14. The number of hydrogen-bond acceptors (Lipinski definition) is 3. The molecule has 1 aromatic carbocycles. The van der Waals surface area contributed by atoms with E-state index in [9.17, 15) is 4.79 Å². The van der Waals surface area contributed by atoms with Gasteiger partial charge in [0.05, 0.1) is 14.2 Å². The molecular formula is C12H18N2O3. The number of nitrogens with one attached hydrogen (secondary N) is 1. The van der Waals surface area contributed by atoms with Crippen LogP contribution in [0.15, 0.2) is 18.2 Å². The first-order valence-electron chi connectivity index (χ1n) is 5.33. The summed E-state index contributed by atoms with van der Waals surface area (Å²) in [6.45, 7) is 2.49. The summed E-state index contributed by atoms with van der Waals surface area (Å²) >= 11 is 0. The summed E-state index contributed by atoms with van der Waals surface area (Å²) < 4.78 is 10.4. The van der Waals surface area contributed by atoms with Crippen LogP contribution in [-0.2, 0) is 0 Å². The fourth-order valence-corrected chi connectivity index (χ4v) is 1.53. The number of rotatable bonds is 5. The topological polar surface area (TPSA) is 73.6 Å². The number of primary amides is 1. The molecule has 1 aromatic rings. The molecule has 0 spiro atoms. The fourth-order valence-electron chi connectivity index (χ4n) is 1.53. The third-order valence-corrected chi connectivity index (χ3v) is 2.56. The average molecular weight is 238 g/mol. The number of benzene rings is 1. The van der Waals surface area contributed by atoms with Gasteiger partial charge in [0.2, 0.25) is 0 Å². The van der Waals surface area contributed by atoms with Crippen LogP contribution in [0.25, 0.3) is 0 Å². The molecule has 2 amide bonds. The molecule has 17 heavy (non-hydrogen) atoms. The second kappa shape index (κ2) is 5.98. The van der Waals surface area contributed by atoms with E-state index in [0.29, 0.717) is 18.0 Å². The normalized spacial score (nSPS) is 11.7. The highest BCUT2D eigenvalue weighted by atomic mass is 16.5. The van der Waals surface area contributed by atoms with Crippen LogP contribution in [-0.4, -0.2) is 26.8 Å². The van der Waals surface area contributed by atoms with Gasteiger partial charge in [-0.3, -0.25) is 0 Å². The lowest BCUT2D eigenvalue weighted by atomic mass is 10.0. The van der Waals surface area contributed by atoms with E-state index in [1.54, 1.807) is 14.2 Å². The van der Waals surface area contributed by atoms with Crippen molar-refractivity contribution < 1.29 is 14.3 Å². The van der Waals surface area contributed by atoms with Gasteiger partial charge < -0.3 is 20.5 Å². The Morgan fingerprint density at radius 3 is 2.53 bits per heavy atom. The van der Waals surface area contributed by atoms with E-state index in [2.05, 4.69) is 5.32 Å². The van der Waals surface area contributed by atoms with E-state index in [1.165, 1.54) is 0 Å².